The van der Waals surface area contributed by atoms with E-state index >= 15 is 0 Å². The molecule has 2 heterocycles. The molecule has 1 N–H and O–H groups in total. The summed E-state index contributed by atoms with van der Waals surface area (Å²) in [5.41, 5.74) is 3.88. The topological polar surface area (TPSA) is 47.7 Å². The van der Waals surface area contributed by atoms with Gasteiger partial charge in [-0.3, -0.25) is 9.36 Å². The first kappa shape index (κ1) is 15.6. The van der Waals surface area contributed by atoms with Crippen molar-refractivity contribution in [3.05, 3.63) is 34.9 Å². The Morgan fingerprint density at radius 3 is 2.57 bits per heavy atom. The molecule has 5 nitrogen and oxygen atoms in total. The van der Waals surface area contributed by atoms with Crippen molar-refractivity contribution in [2.75, 3.05) is 0 Å². The highest BCUT2D eigenvalue weighted by atomic mass is 19.3. The number of halogens is 2. The largest absolute Gasteiger partial charge is 0.308 e. The van der Waals surface area contributed by atoms with Crippen molar-refractivity contribution in [2.45, 2.75) is 53.4 Å². The van der Waals surface area contributed by atoms with Gasteiger partial charge in [0.25, 0.3) is 6.43 Å². The van der Waals surface area contributed by atoms with Crippen LogP contribution in [0.4, 0.5) is 8.78 Å². The number of aromatic nitrogens is 4. The van der Waals surface area contributed by atoms with E-state index in [1.54, 1.807) is 6.20 Å². The van der Waals surface area contributed by atoms with Crippen LogP contribution in [0, 0.1) is 13.8 Å². The fourth-order valence-corrected chi connectivity index (χ4v) is 2.20. The quantitative estimate of drug-likeness (QED) is 0.853. The van der Waals surface area contributed by atoms with Gasteiger partial charge in [-0.15, -0.1) is 0 Å². The summed E-state index contributed by atoms with van der Waals surface area (Å²) in [6, 6.07) is 0. The van der Waals surface area contributed by atoms with E-state index in [0.717, 1.165) is 29.1 Å². The minimum absolute atomic E-state index is 0.353. The molecule has 21 heavy (non-hydrogen) atoms. The lowest BCUT2D eigenvalue weighted by atomic mass is 10.2. The Morgan fingerprint density at radius 2 is 1.95 bits per heavy atom. The molecule has 0 aliphatic heterocycles. The molecule has 2 aromatic heterocycles. The Bertz CT molecular complexity index is 588. The molecule has 0 spiro atoms. The summed E-state index contributed by atoms with van der Waals surface area (Å²) in [6.45, 7) is 7.64. The van der Waals surface area contributed by atoms with Crippen LogP contribution in [0.15, 0.2) is 12.4 Å². The molecule has 0 radical (unpaired) electrons. The number of rotatable bonds is 7. The molecule has 0 fully saturated rings. The Balaban J connectivity index is 1.91. The van der Waals surface area contributed by atoms with E-state index in [1.807, 2.05) is 31.6 Å². The fourth-order valence-electron chi connectivity index (χ4n) is 2.20. The van der Waals surface area contributed by atoms with E-state index in [4.69, 9.17) is 0 Å². The maximum Gasteiger partial charge on any atom is 0.257 e. The lowest BCUT2D eigenvalue weighted by Crippen LogP contribution is -2.14. The van der Waals surface area contributed by atoms with Crippen LogP contribution >= 0.6 is 0 Å². The van der Waals surface area contributed by atoms with Crippen molar-refractivity contribution >= 4 is 0 Å². The average molecular weight is 297 g/mol. The van der Waals surface area contributed by atoms with Crippen molar-refractivity contribution < 1.29 is 8.78 Å². The van der Waals surface area contributed by atoms with E-state index < -0.39 is 6.43 Å². The molecule has 2 aromatic rings. The van der Waals surface area contributed by atoms with E-state index in [1.165, 1.54) is 4.68 Å². The second kappa shape index (κ2) is 6.80. The van der Waals surface area contributed by atoms with Gasteiger partial charge in [-0.2, -0.15) is 10.2 Å². The SMILES string of the molecule is CCn1cc(CNCc2cnn(CC(F)F)c2C)c(C)n1. The molecule has 116 valence electrons. The van der Waals surface area contributed by atoms with E-state index in [-0.39, 0.29) is 6.54 Å². The molecule has 0 saturated carbocycles. The normalized spacial score (nSPS) is 11.5. The highest BCUT2D eigenvalue weighted by molar-refractivity contribution is 5.18. The predicted octanol–water partition coefficient (Wildman–Crippen LogP) is 2.27. The second-order valence-electron chi connectivity index (χ2n) is 5.03. The first-order valence-electron chi connectivity index (χ1n) is 7.04. The van der Waals surface area contributed by atoms with Crippen LogP contribution in [0.1, 0.15) is 29.4 Å². The number of alkyl halides is 2. The van der Waals surface area contributed by atoms with Crippen LogP contribution in [0.3, 0.4) is 0 Å². The van der Waals surface area contributed by atoms with Crippen LogP contribution in [0.5, 0.6) is 0 Å². The number of aryl methyl sites for hydroxylation is 2. The van der Waals surface area contributed by atoms with E-state index in [9.17, 15) is 8.78 Å². The summed E-state index contributed by atoms with van der Waals surface area (Å²) >= 11 is 0. The second-order valence-corrected chi connectivity index (χ2v) is 5.03. The van der Waals surface area contributed by atoms with Crippen LogP contribution in [-0.2, 0) is 26.2 Å². The van der Waals surface area contributed by atoms with Crippen molar-refractivity contribution in [1.82, 2.24) is 24.9 Å². The molecule has 0 amide bonds. The Labute approximate surface area is 123 Å². The van der Waals surface area contributed by atoms with Crippen molar-refractivity contribution in [2.24, 2.45) is 0 Å². The maximum atomic E-state index is 12.4. The smallest absolute Gasteiger partial charge is 0.257 e. The lowest BCUT2D eigenvalue weighted by Gasteiger charge is -2.06. The molecule has 0 saturated heterocycles. The first-order chi connectivity index (χ1) is 10.0. The Kier molecular flexibility index (Phi) is 5.06. The van der Waals surface area contributed by atoms with Crippen LogP contribution in [0.2, 0.25) is 0 Å². The zero-order valence-electron chi connectivity index (χ0n) is 12.6. The summed E-state index contributed by atoms with van der Waals surface area (Å²) in [5, 5.41) is 11.7. The van der Waals surface area contributed by atoms with Gasteiger partial charge in [0.15, 0.2) is 0 Å². The number of hydrogen-bond donors (Lipinski definition) is 1. The number of nitrogens with zero attached hydrogens (tertiary/aromatic N) is 4. The lowest BCUT2D eigenvalue weighted by molar-refractivity contribution is 0.121. The Morgan fingerprint density at radius 1 is 1.24 bits per heavy atom. The van der Waals surface area contributed by atoms with Gasteiger partial charge in [0.2, 0.25) is 0 Å². The zero-order chi connectivity index (χ0) is 15.4. The molecule has 2 rings (SSSR count). The van der Waals surface area contributed by atoms with Crippen molar-refractivity contribution in [3.63, 3.8) is 0 Å². The van der Waals surface area contributed by atoms with Crippen molar-refractivity contribution in [3.8, 4) is 0 Å². The number of hydrogen-bond acceptors (Lipinski definition) is 3. The van der Waals surface area contributed by atoms with Gasteiger partial charge in [-0.25, -0.2) is 8.78 Å². The van der Waals surface area contributed by atoms with Gasteiger partial charge in [0.05, 0.1) is 11.9 Å². The van der Waals surface area contributed by atoms with Crippen LogP contribution in [-0.4, -0.2) is 26.0 Å². The third-order valence-corrected chi connectivity index (χ3v) is 3.52. The van der Waals surface area contributed by atoms with Gasteiger partial charge in [0.1, 0.15) is 6.54 Å². The van der Waals surface area contributed by atoms with Gasteiger partial charge >= 0.3 is 0 Å². The fraction of sp³-hybridized carbons (Fsp3) is 0.571. The molecule has 0 unspecified atom stereocenters. The highest BCUT2D eigenvalue weighted by Gasteiger charge is 2.11. The maximum absolute atomic E-state index is 12.4. The third-order valence-electron chi connectivity index (χ3n) is 3.52. The van der Waals surface area contributed by atoms with E-state index in [2.05, 4.69) is 15.5 Å². The molecule has 0 aromatic carbocycles. The molecular weight excluding hydrogens is 276 g/mol. The zero-order valence-corrected chi connectivity index (χ0v) is 12.6. The molecule has 0 atom stereocenters. The molecule has 7 heteroatoms. The molecular formula is C14H21F2N5. The summed E-state index contributed by atoms with van der Waals surface area (Å²) in [7, 11) is 0. The minimum atomic E-state index is -2.38. The average Bonchev–Trinajstić information content (AvgIpc) is 2.95. The van der Waals surface area contributed by atoms with E-state index in [0.29, 0.717) is 13.1 Å². The minimum Gasteiger partial charge on any atom is -0.308 e. The summed E-state index contributed by atoms with van der Waals surface area (Å²) in [6.07, 6.45) is 1.29. The third kappa shape index (κ3) is 3.87. The van der Waals surface area contributed by atoms with Crippen molar-refractivity contribution in [1.29, 1.82) is 0 Å². The van der Waals surface area contributed by atoms with Gasteiger partial charge in [-0.05, 0) is 20.8 Å². The van der Waals surface area contributed by atoms with Crippen LogP contribution in [0.25, 0.3) is 0 Å². The monoisotopic (exact) mass is 297 g/mol. The van der Waals surface area contributed by atoms with Gasteiger partial charge in [-0.1, -0.05) is 0 Å². The number of nitrogens with one attached hydrogen (secondary N) is 1. The van der Waals surface area contributed by atoms with Gasteiger partial charge < -0.3 is 5.32 Å². The molecule has 0 aliphatic carbocycles. The molecule has 0 bridgehead atoms. The molecule has 0 aliphatic rings. The Hall–Kier alpha value is -1.76. The highest BCUT2D eigenvalue weighted by Crippen LogP contribution is 2.10. The van der Waals surface area contributed by atoms with Crippen LogP contribution < -0.4 is 5.32 Å². The first-order valence-corrected chi connectivity index (χ1v) is 7.04. The summed E-state index contributed by atoms with van der Waals surface area (Å²) in [5.74, 6) is 0. The van der Waals surface area contributed by atoms with Gasteiger partial charge in [0, 0.05) is 42.7 Å². The summed E-state index contributed by atoms with van der Waals surface area (Å²) in [4.78, 5) is 0. The standard InChI is InChI=1S/C14H21F2N5/c1-4-20-8-13(10(2)19-20)6-17-5-12-7-18-21(11(12)3)9-14(15)16/h7-8,14,17H,4-6,9H2,1-3H3. The summed E-state index contributed by atoms with van der Waals surface area (Å²) < 4.78 is 28.0. The predicted molar refractivity (Wildman–Crippen MR) is 76.1 cm³/mol.